The van der Waals surface area contributed by atoms with Crippen molar-refractivity contribution in [2.45, 2.75) is 13.8 Å². The number of halogens is 2. The fourth-order valence-electron chi connectivity index (χ4n) is 2.61. The molecule has 0 spiro atoms. The Morgan fingerprint density at radius 3 is 2.38 bits per heavy atom. The van der Waals surface area contributed by atoms with Crippen molar-refractivity contribution < 1.29 is 9.53 Å². The number of rotatable bonds is 7. The molecule has 1 amide bonds. The Morgan fingerprint density at radius 1 is 1.15 bits per heavy atom. The molecule has 138 valence electrons. The van der Waals surface area contributed by atoms with Crippen LogP contribution in [0.5, 0.6) is 5.75 Å². The number of nitrogens with one attached hydrogen (secondary N) is 1. The van der Waals surface area contributed by atoms with E-state index in [1.165, 1.54) is 6.08 Å². The second kappa shape index (κ2) is 9.78. The molecule has 0 heterocycles. The highest BCUT2D eigenvalue weighted by Gasteiger charge is 2.08. The van der Waals surface area contributed by atoms with Crippen LogP contribution in [0.25, 0.3) is 6.08 Å². The molecule has 0 fully saturated rings. The maximum atomic E-state index is 12.2. The minimum Gasteiger partial charge on any atom is -0.495 e. The molecule has 1 N–H and O–H groups in total. The lowest BCUT2D eigenvalue weighted by Crippen LogP contribution is -2.21. The van der Waals surface area contributed by atoms with Gasteiger partial charge in [0.25, 0.3) is 0 Å². The molecular formula is C20H22Br2N2O2. The number of hydrogen-bond acceptors (Lipinski definition) is 3. The van der Waals surface area contributed by atoms with Gasteiger partial charge in [0, 0.05) is 40.6 Å². The quantitative estimate of drug-likeness (QED) is 0.514. The molecule has 0 atom stereocenters. The highest BCUT2D eigenvalue weighted by atomic mass is 79.9. The van der Waals surface area contributed by atoms with Crippen LogP contribution in [0.2, 0.25) is 0 Å². The highest BCUT2D eigenvalue weighted by molar-refractivity contribution is 9.11. The zero-order valence-electron chi connectivity index (χ0n) is 15.1. The van der Waals surface area contributed by atoms with E-state index in [4.69, 9.17) is 4.74 Å². The van der Waals surface area contributed by atoms with Gasteiger partial charge < -0.3 is 15.0 Å². The van der Waals surface area contributed by atoms with Gasteiger partial charge in [0.2, 0.25) is 5.91 Å². The predicted molar refractivity (Wildman–Crippen MR) is 116 cm³/mol. The highest BCUT2D eigenvalue weighted by Crippen LogP contribution is 2.33. The predicted octanol–water partition coefficient (Wildman–Crippen LogP) is 5.72. The molecule has 6 heteroatoms. The third-order valence-corrected chi connectivity index (χ3v) is 4.97. The van der Waals surface area contributed by atoms with Crippen molar-refractivity contribution in [2.24, 2.45) is 0 Å². The second-order valence-corrected chi connectivity index (χ2v) is 7.32. The van der Waals surface area contributed by atoms with Gasteiger partial charge >= 0.3 is 0 Å². The van der Waals surface area contributed by atoms with Gasteiger partial charge in [0.15, 0.2) is 0 Å². The van der Waals surface area contributed by atoms with Crippen molar-refractivity contribution >= 4 is 55.2 Å². The molecule has 0 aromatic heterocycles. The van der Waals surface area contributed by atoms with E-state index in [0.717, 1.165) is 39.0 Å². The summed E-state index contributed by atoms with van der Waals surface area (Å²) in [6.45, 7) is 6.15. The fourth-order valence-corrected chi connectivity index (χ4v) is 4.03. The van der Waals surface area contributed by atoms with Crippen LogP contribution in [0.15, 0.2) is 51.4 Å². The van der Waals surface area contributed by atoms with E-state index in [2.05, 4.69) is 55.9 Å². The van der Waals surface area contributed by atoms with Gasteiger partial charge in [0.05, 0.1) is 11.6 Å². The number of amides is 1. The Hall–Kier alpha value is -1.79. The van der Waals surface area contributed by atoms with Gasteiger partial charge in [-0.15, -0.1) is 0 Å². The average molecular weight is 482 g/mol. The summed E-state index contributed by atoms with van der Waals surface area (Å²) < 4.78 is 7.10. The largest absolute Gasteiger partial charge is 0.495 e. The van der Waals surface area contributed by atoms with Crippen molar-refractivity contribution in [1.29, 1.82) is 0 Å². The smallest absolute Gasteiger partial charge is 0.248 e. The monoisotopic (exact) mass is 480 g/mol. The molecule has 4 nitrogen and oxygen atoms in total. The van der Waals surface area contributed by atoms with E-state index >= 15 is 0 Å². The van der Waals surface area contributed by atoms with Crippen LogP contribution in [0, 0.1) is 0 Å². The molecule has 0 unspecified atom stereocenters. The van der Waals surface area contributed by atoms with Gasteiger partial charge in [-0.1, -0.05) is 15.9 Å². The van der Waals surface area contributed by atoms with E-state index in [0.29, 0.717) is 5.75 Å². The maximum Gasteiger partial charge on any atom is 0.248 e. The summed E-state index contributed by atoms with van der Waals surface area (Å²) in [6, 6.07) is 11.6. The Labute approximate surface area is 171 Å². The van der Waals surface area contributed by atoms with Crippen LogP contribution in [-0.2, 0) is 4.79 Å². The minimum atomic E-state index is -0.196. The maximum absolute atomic E-state index is 12.2. The topological polar surface area (TPSA) is 41.6 Å². The Bertz CT molecular complexity index is 785. The minimum absolute atomic E-state index is 0.196. The number of anilines is 2. The van der Waals surface area contributed by atoms with E-state index in [9.17, 15) is 4.79 Å². The first kappa shape index (κ1) is 20.5. The molecule has 2 aromatic rings. The first-order valence-corrected chi connectivity index (χ1v) is 9.94. The lowest BCUT2D eigenvalue weighted by Gasteiger charge is -2.21. The molecule has 0 aliphatic heterocycles. The second-order valence-electron chi connectivity index (χ2n) is 5.55. The van der Waals surface area contributed by atoms with Crippen LogP contribution in [0.4, 0.5) is 11.4 Å². The first-order valence-electron chi connectivity index (χ1n) is 8.35. The summed E-state index contributed by atoms with van der Waals surface area (Å²) in [5, 5.41) is 2.87. The number of benzene rings is 2. The third kappa shape index (κ3) is 5.35. The number of carbonyl (C=O) groups is 1. The number of nitrogens with zero attached hydrogens (tertiary/aromatic N) is 1. The first-order chi connectivity index (χ1) is 12.5. The molecular weight excluding hydrogens is 460 g/mol. The lowest BCUT2D eigenvalue weighted by atomic mass is 10.2. The summed E-state index contributed by atoms with van der Waals surface area (Å²) in [5.41, 5.74) is 2.71. The summed E-state index contributed by atoms with van der Waals surface area (Å²) in [4.78, 5) is 14.5. The van der Waals surface area contributed by atoms with Crippen molar-refractivity contribution in [3.8, 4) is 5.75 Å². The van der Waals surface area contributed by atoms with Crippen LogP contribution in [-0.4, -0.2) is 26.1 Å². The van der Waals surface area contributed by atoms with E-state index in [-0.39, 0.29) is 5.91 Å². The molecule has 0 aliphatic rings. The van der Waals surface area contributed by atoms with Crippen molar-refractivity contribution in [3.63, 3.8) is 0 Å². The molecule has 0 bridgehead atoms. The zero-order chi connectivity index (χ0) is 19.1. The van der Waals surface area contributed by atoms with Crippen molar-refractivity contribution in [2.75, 3.05) is 30.4 Å². The zero-order valence-corrected chi connectivity index (χ0v) is 18.2. The SMILES string of the molecule is CCN(CC)c1ccc(NC(=O)C=Cc2cc(Br)cc(Br)c2OC)cc1. The third-order valence-electron chi connectivity index (χ3n) is 3.92. The van der Waals surface area contributed by atoms with E-state index in [1.54, 1.807) is 13.2 Å². The number of hydrogen-bond donors (Lipinski definition) is 1. The Kier molecular flexibility index (Phi) is 7.72. The van der Waals surface area contributed by atoms with Crippen LogP contribution in [0.3, 0.4) is 0 Å². The average Bonchev–Trinajstić information content (AvgIpc) is 2.62. The van der Waals surface area contributed by atoms with Crippen LogP contribution in [0.1, 0.15) is 19.4 Å². The van der Waals surface area contributed by atoms with Crippen molar-refractivity contribution in [3.05, 3.63) is 57.0 Å². The van der Waals surface area contributed by atoms with Gasteiger partial charge in [0.1, 0.15) is 5.75 Å². The van der Waals surface area contributed by atoms with E-state index in [1.807, 2.05) is 36.4 Å². The van der Waals surface area contributed by atoms with Gasteiger partial charge in [-0.2, -0.15) is 0 Å². The van der Waals surface area contributed by atoms with Crippen molar-refractivity contribution in [1.82, 2.24) is 0 Å². The summed E-state index contributed by atoms with van der Waals surface area (Å²) in [6.07, 6.45) is 3.23. The van der Waals surface area contributed by atoms with Gasteiger partial charge in [-0.25, -0.2) is 0 Å². The summed E-state index contributed by atoms with van der Waals surface area (Å²) >= 11 is 6.90. The molecule has 0 saturated heterocycles. The molecule has 0 aliphatic carbocycles. The van der Waals surface area contributed by atoms with Crippen LogP contribution < -0.4 is 15.0 Å². The molecule has 0 radical (unpaired) electrons. The standard InChI is InChI=1S/C20H22Br2N2O2/c1-4-24(5-2)17-9-7-16(8-10-17)23-19(25)11-6-14-12-15(21)13-18(22)20(14)26-3/h6-13H,4-5H2,1-3H3,(H,23,25). The normalized spacial score (nSPS) is 10.8. The number of carbonyl (C=O) groups excluding carboxylic acids is 1. The summed E-state index contributed by atoms with van der Waals surface area (Å²) in [5.74, 6) is 0.486. The molecule has 0 saturated carbocycles. The lowest BCUT2D eigenvalue weighted by molar-refractivity contribution is -0.111. The fraction of sp³-hybridized carbons (Fsp3) is 0.250. The molecule has 2 rings (SSSR count). The molecule has 2 aromatic carbocycles. The Morgan fingerprint density at radius 2 is 1.81 bits per heavy atom. The Balaban J connectivity index is 2.08. The number of ether oxygens (including phenoxy) is 1. The van der Waals surface area contributed by atoms with Gasteiger partial charge in [-0.05, 0) is 72.3 Å². The number of methoxy groups -OCH3 is 1. The van der Waals surface area contributed by atoms with E-state index < -0.39 is 0 Å². The summed E-state index contributed by atoms with van der Waals surface area (Å²) in [7, 11) is 1.60. The van der Waals surface area contributed by atoms with Gasteiger partial charge in [-0.3, -0.25) is 4.79 Å². The van der Waals surface area contributed by atoms with Crippen LogP contribution >= 0.6 is 31.9 Å². The molecule has 26 heavy (non-hydrogen) atoms.